The summed E-state index contributed by atoms with van der Waals surface area (Å²) in [5.41, 5.74) is 2.18. The van der Waals surface area contributed by atoms with Crippen molar-refractivity contribution in [2.75, 3.05) is 0 Å². The van der Waals surface area contributed by atoms with E-state index in [4.69, 9.17) is 8.25 Å². The van der Waals surface area contributed by atoms with Crippen molar-refractivity contribution in [1.82, 2.24) is 4.98 Å². The van der Waals surface area contributed by atoms with Crippen molar-refractivity contribution in [2.24, 2.45) is 10.9 Å². The molecular weight excluding hydrogens is 524 g/mol. The van der Waals surface area contributed by atoms with Gasteiger partial charge in [0.1, 0.15) is 0 Å². The molecule has 0 aliphatic heterocycles. The molecular formula is C17H25ClFeHgN2+2. The molecule has 0 bridgehead atoms. The Labute approximate surface area is 165 Å². The first-order valence-corrected chi connectivity index (χ1v) is 14.7. The van der Waals surface area contributed by atoms with Gasteiger partial charge in [-0.3, -0.25) is 9.98 Å². The average molecular weight is 549 g/mol. The minimum absolute atomic E-state index is 0. The van der Waals surface area contributed by atoms with Crippen LogP contribution in [0, 0.1) is 12.3 Å². The molecule has 0 amide bonds. The molecule has 0 aromatic carbocycles. The maximum absolute atomic E-state index is 4.83. The Morgan fingerprint density at radius 1 is 1.23 bits per heavy atom. The first-order chi connectivity index (χ1) is 10.4. The molecule has 2 aliphatic rings. The molecule has 22 heavy (non-hydrogen) atoms. The van der Waals surface area contributed by atoms with Crippen LogP contribution in [-0.4, -0.2) is 10.7 Å². The number of hydrogen-bond donors (Lipinski definition) is 0. The summed E-state index contributed by atoms with van der Waals surface area (Å²) in [6.07, 6.45) is 17.3. The maximum Gasteiger partial charge on any atom is 2.00 e. The first kappa shape index (κ1) is 22.6. The zero-order valence-electron chi connectivity index (χ0n) is 13.5. The molecule has 1 unspecified atom stereocenters. The Hall–Kier alpha value is 0.565. The van der Waals surface area contributed by atoms with Gasteiger partial charge in [-0.05, 0) is 24.8 Å². The molecule has 1 aromatic heterocycles. The minimum Gasteiger partial charge on any atom is 2.00 e. The fourth-order valence-electron chi connectivity index (χ4n) is 2.74. The summed E-state index contributed by atoms with van der Waals surface area (Å²) in [7, 11) is 4.83. The van der Waals surface area contributed by atoms with Crippen LogP contribution in [0.2, 0.25) is 0 Å². The second-order valence-corrected chi connectivity index (χ2v) is 5.51. The van der Waals surface area contributed by atoms with Crippen LogP contribution in [-0.2, 0) is 42.0 Å². The number of rotatable bonds is 2. The monoisotopic (exact) mass is 550 g/mol. The Balaban J connectivity index is 0.000000466. The third kappa shape index (κ3) is 9.65. The Morgan fingerprint density at radius 2 is 1.86 bits per heavy atom. The first-order valence-electron chi connectivity index (χ1n) is 7.91. The Bertz CT molecular complexity index is 383. The van der Waals surface area contributed by atoms with Gasteiger partial charge >= 0.3 is 50.2 Å². The SMILES string of the molecule is C1CCCC1.CC(=Nc1cccnc1)C1[CH-]CCC1.[Cl][Hg+].[Fe+2]. The van der Waals surface area contributed by atoms with Gasteiger partial charge in [-0.25, -0.2) is 0 Å². The topological polar surface area (TPSA) is 25.2 Å². The summed E-state index contributed by atoms with van der Waals surface area (Å²) in [4.78, 5) is 8.61. The third-order valence-corrected chi connectivity index (χ3v) is 3.91. The molecule has 1 aromatic rings. The van der Waals surface area contributed by atoms with Crippen LogP contribution in [0.5, 0.6) is 0 Å². The van der Waals surface area contributed by atoms with Gasteiger partial charge in [0.25, 0.3) is 0 Å². The van der Waals surface area contributed by atoms with Crippen molar-refractivity contribution < 1.29 is 42.0 Å². The van der Waals surface area contributed by atoms with Gasteiger partial charge in [0.2, 0.25) is 0 Å². The molecule has 0 spiro atoms. The van der Waals surface area contributed by atoms with Crippen LogP contribution in [0.3, 0.4) is 0 Å². The van der Waals surface area contributed by atoms with Crippen LogP contribution < -0.4 is 0 Å². The van der Waals surface area contributed by atoms with Gasteiger partial charge in [0.15, 0.2) is 0 Å². The fourth-order valence-corrected chi connectivity index (χ4v) is 2.74. The van der Waals surface area contributed by atoms with E-state index in [2.05, 4.69) is 23.3 Å². The van der Waals surface area contributed by atoms with Crippen molar-refractivity contribution in [3.8, 4) is 0 Å². The van der Waals surface area contributed by atoms with Crippen LogP contribution in [0.1, 0.15) is 58.3 Å². The predicted octanol–water partition coefficient (Wildman–Crippen LogP) is 5.81. The summed E-state index contributed by atoms with van der Waals surface area (Å²) < 4.78 is 0. The maximum atomic E-state index is 4.83. The van der Waals surface area contributed by atoms with E-state index in [1.165, 1.54) is 57.1 Å². The third-order valence-electron chi connectivity index (χ3n) is 3.91. The molecule has 5 heteroatoms. The Morgan fingerprint density at radius 3 is 2.32 bits per heavy atom. The smallest absolute Gasteiger partial charge is 2.00 e. The van der Waals surface area contributed by atoms with Gasteiger partial charge in [-0.2, -0.15) is 6.42 Å². The fraction of sp³-hybridized carbons (Fsp3) is 0.588. The average Bonchev–Trinajstić information content (AvgIpc) is 3.26. The van der Waals surface area contributed by atoms with E-state index in [-0.39, 0.29) is 17.1 Å². The summed E-state index contributed by atoms with van der Waals surface area (Å²) in [6.45, 7) is 2.11. The van der Waals surface area contributed by atoms with Gasteiger partial charge < -0.3 is 6.42 Å². The molecule has 2 fully saturated rings. The summed E-state index contributed by atoms with van der Waals surface area (Å²) in [5.74, 6) is 0.593. The number of halogens is 1. The van der Waals surface area contributed by atoms with E-state index < -0.39 is 0 Å². The predicted molar refractivity (Wildman–Crippen MR) is 87.6 cm³/mol. The molecule has 0 N–H and O–H groups in total. The van der Waals surface area contributed by atoms with Gasteiger partial charge in [-0.1, -0.05) is 44.9 Å². The van der Waals surface area contributed by atoms with Crippen molar-refractivity contribution >= 4 is 19.6 Å². The normalized spacial score (nSPS) is 20.2. The summed E-state index contributed by atoms with van der Waals surface area (Å²) in [5, 5.41) is 0. The molecule has 2 nitrogen and oxygen atoms in total. The number of aromatic nitrogens is 1. The van der Waals surface area contributed by atoms with Crippen molar-refractivity contribution in [1.29, 1.82) is 0 Å². The summed E-state index contributed by atoms with van der Waals surface area (Å²) in [6, 6.07) is 3.91. The van der Waals surface area contributed by atoms with Crippen molar-refractivity contribution in [2.45, 2.75) is 58.3 Å². The molecule has 0 radical (unpaired) electrons. The zero-order valence-corrected chi connectivity index (χ0v) is 20.8. The van der Waals surface area contributed by atoms with Crippen LogP contribution in [0.15, 0.2) is 29.5 Å². The number of pyridine rings is 1. The zero-order chi connectivity index (χ0) is 15.3. The van der Waals surface area contributed by atoms with Crippen LogP contribution >= 0.6 is 8.25 Å². The Kier molecular flexibility index (Phi) is 15.5. The standard InChI is InChI=1S/C12H15N2.C5H10.ClH.Fe.Hg/c1-10(11-5-2-3-6-11)14-12-7-4-8-13-9-12;1-2-4-5-3-1;;;/h4-5,7-9,11H,2-3,6H2,1H3;1-5H2;1H;;/q-1;;;2*+2/p-1. The van der Waals surface area contributed by atoms with E-state index in [0.29, 0.717) is 30.8 Å². The van der Waals surface area contributed by atoms with E-state index in [1.54, 1.807) is 12.4 Å². The van der Waals surface area contributed by atoms with E-state index in [1.807, 2.05) is 12.1 Å². The minimum atomic E-state index is 0. The van der Waals surface area contributed by atoms with E-state index >= 15 is 0 Å². The van der Waals surface area contributed by atoms with Crippen LogP contribution in [0.4, 0.5) is 5.69 Å². The largest absolute Gasteiger partial charge is 2.00 e. The van der Waals surface area contributed by atoms with Crippen molar-refractivity contribution in [3.63, 3.8) is 0 Å². The molecule has 0 saturated heterocycles. The number of hydrogen-bond acceptors (Lipinski definition) is 2. The number of aliphatic imine (C=N–C) groups is 1. The molecule has 1 atom stereocenters. The molecule has 3 rings (SSSR count). The summed E-state index contributed by atoms with van der Waals surface area (Å²) >= 11 is 0.500. The second kappa shape index (κ2) is 15.1. The number of nitrogens with zero attached hydrogens (tertiary/aromatic N) is 2. The van der Waals surface area contributed by atoms with Crippen molar-refractivity contribution in [3.05, 3.63) is 30.9 Å². The van der Waals surface area contributed by atoms with Gasteiger partial charge in [-0.15, -0.1) is 5.92 Å². The van der Waals surface area contributed by atoms with Gasteiger partial charge in [0.05, 0.1) is 11.9 Å². The second-order valence-electron chi connectivity index (χ2n) is 5.51. The quantitative estimate of drug-likeness (QED) is 0.260. The van der Waals surface area contributed by atoms with Crippen LogP contribution in [0.25, 0.3) is 0 Å². The molecule has 2 aliphatic carbocycles. The molecule has 2 saturated carbocycles. The van der Waals surface area contributed by atoms with E-state index in [9.17, 15) is 0 Å². The molecule has 1 heterocycles. The van der Waals surface area contributed by atoms with Gasteiger partial charge in [0, 0.05) is 6.20 Å². The molecule has 118 valence electrons. The van der Waals surface area contributed by atoms with E-state index in [0.717, 1.165) is 5.69 Å².